The molecule has 2 rings (SSSR count). The summed E-state index contributed by atoms with van der Waals surface area (Å²) in [5, 5.41) is 15.7. The van der Waals surface area contributed by atoms with Crippen molar-refractivity contribution in [2.45, 2.75) is 4.90 Å². The molecule has 1 heterocycles. The third-order valence-corrected chi connectivity index (χ3v) is 3.40. The second kappa shape index (κ2) is 3.98. The molecular weight excluding hydrogens is 263 g/mol. The molecule has 1 aromatic heterocycles. The summed E-state index contributed by atoms with van der Waals surface area (Å²) < 4.78 is 36.4. The van der Waals surface area contributed by atoms with Crippen LogP contribution < -0.4 is 0 Å². The molecule has 1 aromatic carbocycles. The van der Waals surface area contributed by atoms with Gasteiger partial charge in [-0.2, -0.15) is 0 Å². The fraction of sp³-hybridized carbons (Fsp3) is 0.100. The molecule has 0 amide bonds. The van der Waals surface area contributed by atoms with Crippen molar-refractivity contribution in [3.05, 3.63) is 29.7 Å². The van der Waals surface area contributed by atoms with Gasteiger partial charge in [-0.05, 0) is 18.2 Å². The fourth-order valence-corrected chi connectivity index (χ4v) is 2.61. The maximum Gasteiger partial charge on any atom is 0.357 e. The molecule has 0 aliphatic heterocycles. The van der Waals surface area contributed by atoms with Crippen LogP contribution in [0, 0.1) is 5.82 Å². The lowest BCUT2D eigenvalue weighted by atomic mass is 10.2. The number of carbonyl (C=O) groups is 1. The number of benzene rings is 1. The zero-order chi connectivity index (χ0) is 13.5. The predicted molar refractivity (Wildman–Crippen MR) is 59.6 cm³/mol. The van der Waals surface area contributed by atoms with Gasteiger partial charge >= 0.3 is 5.97 Å². The minimum atomic E-state index is -3.87. The van der Waals surface area contributed by atoms with Crippen molar-refractivity contribution in [3.63, 3.8) is 0 Å². The maximum absolute atomic E-state index is 13.1. The van der Waals surface area contributed by atoms with E-state index >= 15 is 0 Å². The molecule has 6 nitrogen and oxygen atoms in total. The van der Waals surface area contributed by atoms with Crippen molar-refractivity contribution in [1.29, 1.82) is 0 Å². The number of hydrogen-bond donors (Lipinski definition) is 1. The Morgan fingerprint density at radius 3 is 2.56 bits per heavy atom. The number of halogens is 1. The van der Waals surface area contributed by atoms with Crippen molar-refractivity contribution in [3.8, 4) is 0 Å². The van der Waals surface area contributed by atoms with Crippen molar-refractivity contribution in [2.24, 2.45) is 0 Å². The highest BCUT2D eigenvalue weighted by atomic mass is 32.2. The van der Waals surface area contributed by atoms with Crippen molar-refractivity contribution in [1.82, 2.24) is 10.2 Å². The van der Waals surface area contributed by atoms with Gasteiger partial charge in [-0.15, -0.1) is 10.2 Å². The zero-order valence-electron chi connectivity index (χ0n) is 9.08. The van der Waals surface area contributed by atoms with Crippen LogP contribution in [0.4, 0.5) is 4.39 Å². The number of aromatic nitrogens is 2. The van der Waals surface area contributed by atoms with Crippen molar-refractivity contribution in [2.75, 3.05) is 6.26 Å². The SMILES string of the molecule is CS(=O)(=O)c1c(C(=O)O)nnc2ccc(F)cc12. The van der Waals surface area contributed by atoms with Gasteiger partial charge in [0.2, 0.25) is 0 Å². The highest BCUT2D eigenvalue weighted by Gasteiger charge is 2.24. The molecule has 0 aliphatic rings. The summed E-state index contributed by atoms with van der Waals surface area (Å²) in [5.41, 5.74) is -0.600. The van der Waals surface area contributed by atoms with Gasteiger partial charge in [-0.3, -0.25) is 0 Å². The number of aromatic carboxylic acids is 1. The number of nitrogens with zero attached hydrogens (tertiary/aromatic N) is 2. The highest BCUT2D eigenvalue weighted by molar-refractivity contribution is 7.91. The number of rotatable bonds is 2. The van der Waals surface area contributed by atoms with Crippen LogP contribution in [0.5, 0.6) is 0 Å². The first-order chi connectivity index (χ1) is 8.30. The summed E-state index contributed by atoms with van der Waals surface area (Å²) in [7, 11) is -3.87. The van der Waals surface area contributed by atoms with Crippen LogP contribution in [0.15, 0.2) is 23.1 Å². The lowest BCUT2D eigenvalue weighted by Gasteiger charge is -2.06. The van der Waals surface area contributed by atoms with E-state index in [1.54, 1.807) is 0 Å². The number of sulfone groups is 1. The molecule has 0 fully saturated rings. The van der Waals surface area contributed by atoms with Crippen LogP contribution in [0.1, 0.15) is 10.5 Å². The van der Waals surface area contributed by atoms with E-state index in [2.05, 4.69) is 10.2 Å². The standard InChI is InChI=1S/C10H7FN2O4S/c1-18(16,17)9-6-4-5(11)2-3-7(6)12-13-8(9)10(14)15/h2-4H,1H3,(H,14,15). The van der Waals surface area contributed by atoms with Crippen LogP contribution in [-0.2, 0) is 9.84 Å². The molecule has 0 unspecified atom stereocenters. The second-order valence-electron chi connectivity index (χ2n) is 3.62. The zero-order valence-corrected chi connectivity index (χ0v) is 9.90. The highest BCUT2D eigenvalue weighted by Crippen LogP contribution is 2.24. The molecule has 0 aliphatic carbocycles. The Kier molecular flexibility index (Phi) is 2.74. The molecule has 8 heteroatoms. The molecule has 0 saturated carbocycles. The van der Waals surface area contributed by atoms with Gasteiger partial charge in [0, 0.05) is 11.6 Å². The Bertz CT molecular complexity index is 758. The van der Waals surface area contributed by atoms with E-state index < -0.39 is 32.2 Å². The van der Waals surface area contributed by atoms with Crippen molar-refractivity contribution < 1.29 is 22.7 Å². The first-order valence-electron chi connectivity index (χ1n) is 4.70. The first kappa shape index (κ1) is 12.4. The topological polar surface area (TPSA) is 97.2 Å². The summed E-state index contributed by atoms with van der Waals surface area (Å²) in [6.45, 7) is 0. The van der Waals surface area contributed by atoms with E-state index in [9.17, 15) is 17.6 Å². The van der Waals surface area contributed by atoms with Gasteiger partial charge in [0.25, 0.3) is 0 Å². The molecule has 94 valence electrons. The lowest BCUT2D eigenvalue weighted by Crippen LogP contribution is -2.12. The van der Waals surface area contributed by atoms with E-state index in [0.29, 0.717) is 0 Å². The molecule has 18 heavy (non-hydrogen) atoms. The van der Waals surface area contributed by atoms with Gasteiger partial charge < -0.3 is 5.11 Å². The molecule has 2 aromatic rings. The van der Waals surface area contributed by atoms with Gasteiger partial charge in [0.15, 0.2) is 15.5 Å². The minimum absolute atomic E-state index is 0.0927. The first-order valence-corrected chi connectivity index (χ1v) is 6.59. The summed E-state index contributed by atoms with van der Waals surface area (Å²) in [5.74, 6) is -2.22. The van der Waals surface area contributed by atoms with Gasteiger partial charge in [0.05, 0.1) is 5.52 Å². The lowest BCUT2D eigenvalue weighted by molar-refractivity contribution is 0.0685. The summed E-state index contributed by atoms with van der Waals surface area (Å²) in [6, 6.07) is 3.24. The predicted octanol–water partition coefficient (Wildman–Crippen LogP) is 0.871. The molecule has 1 N–H and O–H groups in total. The Balaban J connectivity index is 3.03. The maximum atomic E-state index is 13.1. The largest absolute Gasteiger partial charge is 0.476 e. The summed E-state index contributed by atoms with van der Waals surface area (Å²) >= 11 is 0. The van der Waals surface area contributed by atoms with Crippen molar-refractivity contribution >= 4 is 26.7 Å². The van der Waals surface area contributed by atoms with Crippen LogP contribution in [-0.4, -0.2) is 35.9 Å². The van der Waals surface area contributed by atoms with E-state index in [1.165, 1.54) is 6.07 Å². The smallest absolute Gasteiger partial charge is 0.357 e. The van der Waals surface area contributed by atoms with E-state index in [0.717, 1.165) is 18.4 Å². The number of carboxylic acid groups (broad SMARTS) is 1. The second-order valence-corrected chi connectivity index (χ2v) is 5.57. The third-order valence-electron chi connectivity index (χ3n) is 2.25. The molecule has 0 saturated heterocycles. The van der Waals surface area contributed by atoms with E-state index in [-0.39, 0.29) is 10.9 Å². The summed E-state index contributed by atoms with van der Waals surface area (Å²) in [4.78, 5) is 10.4. The van der Waals surface area contributed by atoms with Gasteiger partial charge in [0.1, 0.15) is 10.7 Å². The van der Waals surface area contributed by atoms with E-state index in [1.807, 2.05) is 0 Å². The fourth-order valence-electron chi connectivity index (χ4n) is 1.57. The Hall–Kier alpha value is -2.09. The Morgan fingerprint density at radius 1 is 1.33 bits per heavy atom. The number of carboxylic acids is 1. The van der Waals surface area contributed by atoms with E-state index in [4.69, 9.17) is 5.11 Å². The number of hydrogen-bond acceptors (Lipinski definition) is 5. The minimum Gasteiger partial charge on any atom is -0.476 e. The molecule has 0 spiro atoms. The van der Waals surface area contributed by atoms with Crippen LogP contribution in [0.25, 0.3) is 10.9 Å². The monoisotopic (exact) mass is 270 g/mol. The molecule has 0 bridgehead atoms. The van der Waals surface area contributed by atoms with Crippen LogP contribution >= 0.6 is 0 Å². The van der Waals surface area contributed by atoms with Gasteiger partial charge in [-0.25, -0.2) is 17.6 Å². The Labute approximate surface area is 101 Å². The molecule has 0 radical (unpaired) electrons. The number of fused-ring (bicyclic) bond motifs is 1. The van der Waals surface area contributed by atoms with Gasteiger partial charge in [-0.1, -0.05) is 0 Å². The third kappa shape index (κ3) is 2.02. The quantitative estimate of drug-likeness (QED) is 0.869. The molecule has 0 atom stereocenters. The summed E-state index contributed by atoms with van der Waals surface area (Å²) in [6.07, 6.45) is 0.834. The normalized spacial score (nSPS) is 11.7. The van der Waals surface area contributed by atoms with Crippen LogP contribution in [0.2, 0.25) is 0 Å². The average Bonchev–Trinajstić information content (AvgIpc) is 2.25. The molecular formula is C10H7FN2O4S. The Morgan fingerprint density at radius 2 is 2.00 bits per heavy atom. The van der Waals surface area contributed by atoms with Crippen LogP contribution in [0.3, 0.4) is 0 Å². The average molecular weight is 270 g/mol.